The second-order valence-electron chi connectivity index (χ2n) is 6.65. The Labute approximate surface area is 194 Å². The molecular weight excluding hydrogens is 451 g/mol. The van der Waals surface area contributed by atoms with E-state index in [9.17, 15) is 4.79 Å². The molecule has 4 aromatic rings. The van der Waals surface area contributed by atoms with Crippen LogP contribution in [-0.2, 0) is 6.54 Å². The molecular formula is C23H18Cl2N4OS. The van der Waals surface area contributed by atoms with Crippen molar-refractivity contribution in [1.82, 2.24) is 14.8 Å². The molecule has 0 bridgehead atoms. The summed E-state index contributed by atoms with van der Waals surface area (Å²) in [4.78, 5) is 12.6. The summed E-state index contributed by atoms with van der Waals surface area (Å²) < 4.78 is 1.94. The predicted molar refractivity (Wildman–Crippen MR) is 127 cm³/mol. The Bertz CT molecular complexity index is 1160. The van der Waals surface area contributed by atoms with Crippen molar-refractivity contribution in [2.75, 3.05) is 11.1 Å². The quantitative estimate of drug-likeness (QED) is 0.247. The number of nitrogens with zero attached hydrogens (tertiary/aromatic N) is 3. The molecule has 0 saturated carbocycles. The lowest BCUT2D eigenvalue weighted by Gasteiger charge is -2.11. The third-order valence-electron chi connectivity index (χ3n) is 4.51. The summed E-state index contributed by atoms with van der Waals surface area (Å²) in [5.41, 5.74) is 2.47. The molecule has 0 radical (unpaired) electrons. The number of carbonyl (C=O) groups excluding carboxylic acids is 1. The van der Waals surface area contributed by atoms with Gasteiger partial charge in [0, 0.05) is 27.0 Å². The largest absolute Gasteiger partial charge is 0.378 e. The minimum Gasteiger partial charge on any atom is -0.378 e. The van der Waals surface area contributed by atoms with E-state index in [1.54, 1.807) is 24.3 Å². The predicted octanol–water partition coefficient (Wildman–Crippen LogP) is 6.16. The normalized spacial score (nSPS) is 10.8. The van der Waals surface area contributed by atoms with Gasteiger partial charge >= 0.3 is 0 Å². The summed E-state index contributed by atoms with van der Waals surface area (Å²) in [6, 6.07) is 24.2. The Balaban J connectivity index is 1.56. The van der Waals surface area contributed by atoms with E-state index in [0.29, 0.717) is 27.3 Å². The first-order valence-electron chi connectivity index (χ1n) is 9.51. The van der Waals surface area contributed by atoms with Gasteiger partial charge in [0.05, 0.1) is 12.3 Å². The van der Waals surface area contributed by atoms with E-state index in [1.807, 2.05) is 59.2 Å². The van der Waals surface area contributed by atoms with Gasteiger partial charge in [0.15, 0.2) is 16.8 Å². The van der Waals surface area contributed by atoms with Crippen LogP contribution in [0.1, 0.15) is 16.2 Å². The van der Waals surface area contributed by atoms with E-state index in [1.165, 1.54) is 11.8 Å². The average Bonchev–Trinajstić information content (AvgIpc) is 3.20. The van der Waals surface area contributed by atoms with Gasteiger partial charge in [-0.2, -0.15) is 0 Å². The molecule has 0 unspecified atom stereocenters. The number of hydrogen-bond donors (Lipinski definition) is 1. The van der Waals surface area contributed by atoms with E-state index in [4.69, 9.17) is 23.2 Å². The minimum atomic E-state index is -0.00344. The summed E-state index contributed by atoms with van der Waals surface area (Å²) in [5, 5.41) is 13.9. The zero-order valence-corrected chi connectivity index (χ0v) is 18.7. The van der Waals surface area contributed by atoms with Crippen molar-refractivity contribution >= 4 is 46.4 Å². The van der Waals surface area contributed by atoms with Crippen LogP contribution < -0.4 is 5.32 Å². The number of aromatic nitrogens is 3. The van der Waals surface area contributed by atoms with Gasteiger partial charge in [-0.05, 0) is 60.7 Å². The van der Waals surface area contributed by atoms with Gasteiger partial charge in [-0.3, -0.25) is 9.36 Å². The molecule has 0 saturated heterocycles. The van der Waals surface area contributed by atoms with E-state index in [2.05, 4.69) is 15.5 Å². The lowest BCUT2D eigenvalue weighted by molar-refractivity contribution is 0.102. The summed E-state index contributed by atoms with van der Waals surface area (Å²) in [7, 11) is 0. The summed E-state index contributed by atoms with van der Waals surface area (Å²) in [6.07, 6.45) is 0. The number of hydrogen-bond acceptors (Lipinski definition) is 5. The van der Waals surface area contributed by atoms with Crippen molar-refractivity contribution in [2.45, 2.75) is 11.7 Å². The van der Waals surface area contributed by atoms with Crippen LogP contribution in [0, 0.1) is 0 Å². The van der Waals surface area contributed by atoms with Crippen LogP contribution >= 0.6 is 35.0 Å². The highest BCUT2D eigenvalue weighted by atomic mass is 35.5. The minimum absolute atomic E-state index is 0.00344. The molecule has 0 fully saturated rings. The van der Waals surface area contributed by atoms with Crippen LogP contribution in [0.2, 0.25) is 10.0 Å². The van der Waals surface area contributed by atoms with Crippen LogP contribution in [0.4, 0.5) is 5.69 Å². The van der Waals surface area contributed by atoms with Crippen LogP contribution in [0.3, 0.4) is 0 Å². The molecule has 1 aromatic heterocycles. The fraction of sp³-hybridized carbons (Fsp3) is 0.0870. The SMILES string of the molecule is O=C(CSc1nnc(CNc2ccccc2)n1-c1ccc(Cl)cc1)c1ccc(Cl)cc1. The highest BCUT2D eigenvalue weighted by Crippen LogP contribution is 2.25. The summed E-state index contributed by atoms with van der Waals surface area (Å²) in [5.74, 6) is 0.961. The van der Waals surface area contributed by atoms with Crippen molar-refractivity contribution in [3.8, 4) is 5.69 Å². The van der Waals surface area contributed by atoms with Gasteiger partial charge in [0.25, 0.3) is 0 Å². The molecule has 0 aliphatic heterocycles. The van der Waals surface area contributed by atoms with E-state index in [-0.39, 0.29) is 11.5 Å². The molecule has 3 aromatic carbocycles. The van der Waals surface area contributed by atoms with Crippen molar-refractivity contribution in [3.63, 3.8) is 0 Å². The van der Waals surface area contributed by atoms with E-state index in [0.717, 1.165) is 17.2 Å². The Morgan fingerprint density at radius 3 is 2.19 bits per heavy atom. The standard InChI is InChI=1S/C23H18Cl2N4OS/c24-17-8-6-16(7-9-17)21(30)15-31-23-28-27-22(14-26-19-4-2-1-3-5-19)29(23)20-12-10-18(25)11-13-20/h1-13,26H,14-15H2. The highest BCUT2D eigenvalue weighted by molar-refractivity contribution is 7.99. The Kier molecular flexibility index (Phi) is 6.92. The number of carbonyl (C=O) groups is 1. The molecule has 156 valence electrons. The molecule has 31 heavy (non-hydrogen) atoms. The van der Waals surface area contributed by atoms with Crippen LogP contribution in [0.25, 0.3) is 5.69 Å². The molecule has 0 aliphatic rings. The van der Waals surface area contributed by atoms with Gasteiger partial charge in [-0.15, -0.1) is 10.2 Å². The van der Waals surface area contributed by atoms with Gasteiger partial charge in [0.1, 0.15) is 0 Å². The number of nitrogens with one attached hydrogen (secondary N) is 1. The third-order valence-corrected chi connectivity index (χ3v) is 5.94. The maximum absolute atomic E-state index is 12.6. The van der Waals surface area contributed by atoms with E-state index < -0.39 is 0 Å². The van der Waals surface area contributed by atoms with Gasteiger partial charge in [0.2, 0.25) is 0 Å². The number of halogens is 2. The zero-order valence-electron chi connectivity index (χ0n) is 16.3. The molecule has 1 N–H and O–H groups in total. The first kappa shape index (κ1) is 21.4. The van der Waals surface area contributed by atoms with Crippen molar-refractivity contribution in [1.29, 1.82) is 0 Å². The molecule has 0 aliphatic carbocycles. The molecule has 4 rings (SSSR count). The van der Waals surface area contributed by atoms with Crippen molar-refractivity contribution in [2.24, 2.45) is 0 Å². The van der Waals surface area contributed by atoms with Crippen molar-refractivity contribution in [3.05, 3.63) is 100 Å². The molecule has 1 heterocycles. The maximum atomic E-state index is 12.6. The van der Waals surface area contributed by atoms with Gasteiger partial charge in [-0.1, -0.05) is 53.2 Å². The molecule has 8 heteroatoms. The third kappa shape index (κ3) is 5.47. The summed E-state index contributed by atoms with van der Waals surface area (Å²) >= 11 is 13.3. The number of benzene rings is 3. The maximum Gasteiger partial charge on any atom is 0.196 e. The number of para-hydroxylation sites is 1. The van der Waals surface area contributed by atoms with Crippen LogP contribution in [0.5, 0.6) is 0 Å². The lowest BCUT2D eigenvalue weighted by Crippen LogP contribution is -2.09. The highest BCUT2D eigenvalue weighted by Gasteiger charge is 2.16. The molecule has 5 nitrogen and oxygen atoms in total. The Morgan fingerprint density at radius 2 is 1.52 bits per heavy atom. The first-order chi connectivity index (χ1) is 15.1. The monoisotopic (exact) mass is 468 g/mol. The van der Waals surface area contributed by atoms with Gasteiger partial charge in [-0.25, -0.2) is 0 Å². The fourth-order valence-corrected chi connectivity index (χ4v) is 4.06. The first-order valence-corrected chi connectivity index (χ1v) is 11.2. The average molecular weight is 469 g/mol. The molecule has 0 atom stereocenters. The lowest BCUT2D eigenvalue weighted by atomic mass is 10.1. The Hall–Kier alpha value is -2.80. The van der Waals surface area contributed by atoms with Crippen LogP contribution in [-0.4, -0.2) is 26.3 Å². The second kappa shape index (κ2) is 10.0. The van der Waals surface area contributed by atoms with E-state index >= 15 is 0 Å². The van der Waals surface area contributed by atoms with Crippen molar-refractivity contribution < 1.29 is 4.79 Å². The van der Waals surface area contributed by atoms with Gasteiger partial charge < -0.3 is 5.32 Å². The number of anilines is 1. The fourth-order valence-electron chi connectivity index (χ4n) is 2.94. The van der Waals surface area contributed by atoms with Crippen LogP contribution in [0.15, 0.2) is 84.0 Å². The Morgan fingerprint density at radius 1 is 0.871 bits per heavy atom. The zero-order chi connectivity index (χ0) is 21.6. The smallest absolute Gasteiger partial charge is 0.196 e. The summed E-state index contributed by atoms with van der Waals surface area (Å²) in [6.45, 7) is 0.478. The second-order valence-corrected chi connectivity index (χ2v) is 8.46. The number of Topliss-reactive ketones (excluding diaryl/α,β-unsaturated/α-hetero) is 1. The number of rotatable bonds is 8. The number of ketones is 1. The number of thioether (sulfide) groups is 1. The molecule has 0 spiro atoms. The molecule has 0 amide bonds. The topological polar surface area (TPSA) is 59.8 Å².